The first-order chi connectivity index (χ1) is 15.0. The predicted molar refractivity (Wildman–Crippen MR) is 125 cm³/mol. The molecule has 5 nitrogen and oxygen atoms in total. The van der Waals surface area contributed by atoms with Gasteiger partial charge in [0, 0.05) is 10.4 Å². The molecule has 0 saturated carbocycles. The Morgan fingerprint density at radius 1 is 1.06 bits per heavy atom. The molecular formula is C25H26N2O3S. The highest BCUT2D eigenvalue weighted by Crippen LogP contribution is 2.21. The van der Waals surface area contributed by atoms with Crippen LogP contribution < -0.4 is 15.4 Å². The first-order valence-corrected chi connectivity index (χ1v) is 11.0. The molecular weight excluding hydrogens is 408 g/mol. The van der Waals surface area contributed by atoms with Crippen LogP contribution in [0.15, 0.2) is 71.7 Å². The SMILES string of the molecule is CC[C@@H](NC(=O)/C(=C/c1cccs1)NC(=O)c1ccc(C)cc1)c1ccc(OC)cc1. The molecule has 0 unspecified atom stereocenters. The Bertz CT molecular complexity index is 1040. The van der Waals surface area contributed by atoms with Gasteiger partial charge in [-0.2, -0.15) is 0 Å². The minimum atomic E-state index is -0.337. The van der Waals surface area contributed by atoms with Crippen LogP contribution in [0.5, 0.6) is 5.75 Å². The fraction of sp³-hybridized carbons (Fsp3) is 0.200. The maximum Gasteiger partial charge on any atom is 0.268 e. The molecule has 1 atom stereocenters. The highest BCUT2D eigenvalue weighted by Gasteiger charge is 2.19. The Morgan fingerprint density at radius 3 is 2.35 bits per heavy atom. The lowest BCUT2D eigenvalue weighted by molar-refractivity contribution is -0.118. The van der Waals surface area contributed by atoms with Crippen LogP contribution in [-0.2, 0) is 4.79 Å². The standard InChI is InChI=1S/C25H26N2O3S/c1-4-22(18-11-13-20(30-3)14-12-18)26-25(29)23(16-21-6-5-15-31-21)27-24(28)19-9-7-17(2)8-10-19/h5-16,22H,4H2,1-3H3,(H,26,29)(H,27,28)/b23-16-/t22-/m1/s1. The summed E-state index contributed by atoms with van der Waals surface area (Å²) in [5, 5.41) is 7.75. The minimum Gasteiger partial charge on any atom is -0.497 e. The number of methoxy groups -OCH3 is 1. The number of aryl methyl sites for hydroxylation is 1. The molecule has 2 N–H and O–H groups in total. The van der Waals surface area contributed by atoms with E-state index in [2.05, 4.69) is 10.6 Å². The monoisotopic (exact) mass is 434 g/mol. The highest BCUT2D eigenvalue weighted by atomic mass is 32.1. The molecule has 0 aliphatic heterocycles. The Morgan fingerprint density at radius 2 is 1.77 bits per heavy atom. The summed E-state index contributed by atoms with van der Waals surface area (Å²) in [4.78, 5) is 26.8. The van der Waals surface area contributed by atoms with E-state index in [1.807, 2.05) is 67.8 Å². The molecule has 0 fully saturated rings. The molecule has 1 heterocycles. The smallest absolute Gasteiger partial charge is 0.268 e. The van der Waals surface area contributed by atoms with Gasteiger partial charge in [-0.05, 0) is 60.7 Å². The van der Waals surface area contributed by atoms with Crippen molar-refractivity contribution in [3.05, 3.63) is 93.3 Å². The van der Waals surface area contributed by atoms with Crippen LogP contribution in [0.25, 0.3) is 6.08 Å². The van der Waals surface area contributed by atoms with E-state index >= 15 is 0 Å². The number of amides is 2. The average Bonchev–Trinajstić information content (AvgIpc) is 3.30. The number of nitrogens with one attached hydrogen (secondary N) is 2. The van der Waals surface area contributed by atoms with Gasteiger partial charge in [0.1, 0.15) is 11.4 Å². The van der Waals surface area contributed by atoms with Crippen LogP contribution in [0, 0.1) is 6.92 Å². The van der Waals surface area contributed by atoms with Gasteiger partial charge in [-0.1, -0.05) is 42.8 Å². The number of ether oxygens (including phenoxy) is 1. The van der Waals surface area contributed by atoms with Crippen LogP contribution in [0.4, 0.5) is 0 Å². The molecule has 3 rings (SSSR count). The molecule has 0 bridgehead atoms. The van der Waals surface area contributed by atoms with E-state index in [1.165, 1.54) is 11.3 Å². The Hall–Kier alpha value is -3.38. The van der Waals surface area contributed by atoms with E-state index in [0.717, 1.165) is 21.8 Å². The van der Waals surface area contributed by atoms with Gasteiger partial charge < -0.3 is 15.4 Å². The second kappa shape index (κ2) is 10.6. The Balaban J connectivity index is 1.81. The molecule has 0 radical (unpaired) electrons. The van der Waals surface area contributed by atoms with Crippen molar-refractivity contribution in [2.24, 2.45) is 0 Å². The highest BCUT2D eigenvalue weighted by molar-refractivity contribution is 7.10. The van der Waals surface area contributed by atoms with E-state index < -0.39 is 0 Å². The van der Waals surface area contributed by atoms with Crippen molar-refractivity contribution in [2.75, 3.05) is 7.11 Å². The maximum absolute atomic E-state index is 13.1. The summed E-state index contributed by atoms with van der Waals surface area (Å²) in [6.07, 6.45) is 2.41. The normalized spacial score (nSPS) is 12.2. The van der Waals surface area contributed by atoms with Crippen LogP contribution in [-0.4, -0.2) is 18.9 Å². The second-order valence-corrected chi connectivity index (χ2v) is 8.08. The quantitative estimate of drug-likeness (QED) is 0.485. The third-order valence-corrected chi connectivity index (χ3v) is 5.69. The van der Waals surface area contributed by atoms with Crippen molar-refractivity contribution >= 4 is 29.2 Å². The van der Waals surface area contributed by atoms with Crippen molar-refractivity contribution in [2.45, 2.75) is 26.3 Å². The van der Waals surface area contributed by atoms with Crippen LogP contribution in [0.2, 0.25) is 0 Å². The minimum absolute atomic E-state index is 0.193. The van der Waals surface area contributed by atoms with Gasteiger partial charge >= 0.3 is 0 Å². The van der Waals surface area contributed by atoms with Crippen molar-refractivity contribution < 1.29 is 14.3 Å². The van der Waals surface area contributed by atoms with Gasteiger partial charge in [0.15, 0.2) is 0 Å². The Labute approximate surface area is 186 Å². The molecule has 6 heteroatoms. The maximum atomic E-state index is 13.1. The lowest BCUT2D eigenvalue weighted by atomic mass is 10.0. The van der Waals surface area contributed by atoms with E-state index in [4.69, 9.17) is 4.74 Å². The molecule has 0 aliphatic rings. The van der Waals surface area contributed by atoms with E-state index in [1.54, 1.807) is 25.3 Å². The molecule has 2 amide bonds. The van der Waals surface area contributed by atoms with Crippen LogP contribution in [0.3, 0.4) is 0 Å². The first kappa shape index (κ1) is 22.3. The third-order valence-electron chi connectivity index (χ3n) is 4.87. The fourth-order valence-corrected chi connectivity index (χ4v) is 3.72. The average molecular weight is 435 g/mol. The van der Waals surface area contributed by atoms with E-state index in [-0.39, 0.29) is 23.6 Å². The van der Waals surface area contributed by atoms with Crippen LogP contribution in [0.1, 0.15) is 45.7 Å². The van der Waals surface area contributed by atoms with Gasteiger partial charge in [0.25, 0.3) is 11.8 Å². The second-order valence-electron chi connectivity index (χ2n) is 7.10. The summed E-state index contributed by atoms with van der Waals surface area (Å²) in [6, 6.07) is 18.4. The predicted octanol–water partition coefficient (Wildman–Crippen LogP) is 5.10. The van der Waals surface area contributed by atoms with Crippen molar-refractivity contribution in [3.63, 3.8) is 0 Å². The number of carbonyl (C=O) groups excluding carboxylic acids is 2. The van der Waals surface area contributed by atoms with Gasteiger partial charge in [-0.25, -0.2) is 0 Å². The van der Waals surface area contributed by atoms with Crippen LogP contribution >= 0.6 is 11.3 Å². The van der Waals surface area contributed by atoms with Crippen molar-refractivity contribution in [1.29, 1.82) is 0 Å². The number of rotatable bonds is 8. The summed E-state index contributed by atoms with van der Waals surface area (Å²) in [7, 11) is 1.62. The number of hydrogen-bond acceptors (Lipinski definition) is 4. The molecule has 1 aromatic heterocycles. The number of hydrogen-bond donors (Lipinski definition) is 2. The number of carbonyl (C=O) groups is 2. The number of thiophene rings is 1. The molecule has 2 aromatic carbocycles. The Kier molecular flexibility index (Phi) is 7.62. The van der Waals surface area contributed by atoms with Gasteiger partial charge in [-0.15, -0.1) is 11.3 Å². The topological polar surface area (TPSA) is 67.4 Å². The lowest BCUT2D eigenvalue weighted by Gasteiger charge is -2.19. The lowest BCUT2D eigenvalue weighted by Crippen LogP contribution is -2.36. The van der Waals surface area contributed by atoms with E-state index in [9.17, 15) is 9.59 Å². The summed E-state index contributed by atoms with van der Waals surface area (Å²) >= 11 is 1.50. The number of benzene rings is 2. The zero-order valence-corrected chi connectivity index (χ0v) is 18.7. The zero-order chi connectivity index (χ0) is 22.2. The van der Waals surface area contributed by atoms with Gasteiger partial charge in [0.2, 0.25) is 0 Å². The summed E-state index contributed by atoms with van der Waals surface area (Å²) < 4.78 is 5.21. The molecule has 160 valence electrons. The molecule has 0 spiro atoms. The fourth-order valence-electron chi connectivity index (χ4n) is 3.07. The largest absolute Gasteiger partial charge is 0.497 e. The first-order valence-electron chi connectivity index (χ1n) is 10.1. The molecule has 0 saturated heterocycles. The molecule has 31 heavy (non-hydrogen) atoms. The zero-order valence-electron chi connectivity index (χ0n) is 17.8. The van der Waals surface area contributed by atoms with Crippen molar-refractivity contribution in [3.8, 4) is 5.75 Å². The summed E-state index contributed by atoms with van der Waals surface area (Å²) in [6.45, 7) is 3.96. The van der Waals surface area contributed by atoms with Gasteiger partial charge in [-0.3, -0.25) is 9.59 Å². The third kappa shape index (κ3) is 6.06. The van der Waals surface area contributed by atoms with E-state index in [0.29, 0.717) is 12.0 Å². The molecule has 0 aliphatic carbocycles. The molecule has 3 aromatic rings. The summed E-state index contributed by atoms with van der Waals surface area (Å²) in [5.41, 5.74) is 2.74. The summed E-state index contributed by atoms with van der Waals surface area (Å²) in [5.74, 6) is 0.0977. The van der Waals surface area contributed by atoms with Gasteiger partial charge in [0.05, 0.1) is 13.2 Å². The van der Waals surface area contributed by atoms with Crippen molar-refractivity contribution in [1.82, 2.24) is 10.6 Å².